The van der Waals surface area contributed by atoms with Gasteiger partial charge >= 0.3 is 0 Å². The second kappa shape index (κ2) is 6.36. The maximum atomic E-state index is 4.98. The highest BCUT2D eigenvalue weighted by atomic mass is 15.1. The Bertz CT molecular complexity index is 1250. The average Bonchev–Trinajstić information content (AvgIpc) is 3.06. The van der Waals surface area contributed by atoms with E-state index in [1.165, 1.54) is 5.56 Å². The van der Waals surface area contributed by atoms with E-state index < -0.39 is 0 Å². The number of benzene rings is 3. The number of aryl methyl sites for hydroxylation is 1. The number of hydrogen-bond acceptors (Lipinski definition) is 2. The van der Waals surface area contributed by atoms with Crippen LogP contribution < -0.4 is 0 Å². The zero-order valence-corrected chi connectivity index (χ0v) is 15.1. The minimum absolute atomic E-state index is 0.777. The molecule has 0 amide bonds. The molecule has 0 aliphatic rings. The van der Waals surface area contributed by atoms with Crippen molar-refractivity contribution in [1.29, 1.82) is 0 Å². The third-order valence-corrected chi connectivity index (χ3v) is 4.94. The molecular formula is C24H19N3. The third kappa shape index (κ3) is 2.77. The lowest BCUT2D eigenvalue weighted by molar-refractivity contribution is 0.835. The van der Waals surface area contributed by atoms with Crippen LogP contribution in [0.2, 0.25) is 0 Å². The predicted molar refractivity (Wildman–Crippen MR) is 111 cm³/mol. The topological polar surface area (TPSA) is 30.7 Å². The van der Waals surface area contributed by atoms with Gasteiger partial charge in [-0.25, -0.2) is 4.98 Å². The van der Waals surface area contributed by atoms with Gasteiger partial charge in [-0.3, -0.25) is 4.98 Å². The molecule has 0 N–H and O–H groups in total. The second-order valence-electron chi connectivity index (χ2n) is 6.83. The van der Waals surface area contributed by atoms with Crippen LogP contribution in [-0.4, -0.2) is 14.5 Å². The molecule has 0 radical (unpaired) electrons. The van der Waals surface area contributed by atoms with Crippen LogP contribution in [0, 0.1) is 6.92 Å². The zero-order valence-electron chi connectivity index (χ0n) is 15.1. The van der Waals surface area contributed by atoms with Gasteiger partial charge in [0.2, 0.25) is 0 Å². The molecule has 27 heavy (non-hydrogen) atoms. The van der Waals surface area contributed by atoms with Crippen LogP contribution >= 0.6 is 0 Å². The average molecular weight is 349 g/mol. The fourth-order valence-electron chi connectivity index (χ4n) is 3.63. The number of pyridine rings is 1. The summed E-state index contributed by atoms with van der Waals surface area (Å²) < 4.78 is 2.30. The van der Waals surface area contributed by atoms with Gasteiger partial charge < -0.3 is 4.57 Å². The number of hydrogen-bond donors (Lipinski definition) is 0. The van der Waals surface area contributed by atoms with E-state index in [0.29, 0.717) is 0 Å². The summed E-state index contributed by atoms with van der Waals surface area (Å²) in [5.41, 5.74) is 6.49. The molecule has 2 aromatic heterocycles. The van der Waals surface area contributed by atoms with Crippen molar-refractivity contribution in [2.24, 2.45) is 0 Å². The fraction of sp³-hybridized carbons (Fsp3) is 0.0833. The molecule has 2 heterocycles. The third-order valence-electron chi connectivity index (χ3n) is 4.94. The van der Waals surface area contributed by atoms with Gasteiger partial charge in [0.15, 0.2) is 0 Å². The van der Waals surface area contributed by atoms with Gasteiger partial charge in [0.05, 0.1) is 16.6 Å². The summed E-state index contributed by atoms with van der Waals surface area (Å²) in [5, 5.41) is 1.14. The van der Waals surface area contributed by atoms with E-state index in [2.05, 4.69) is 77.4 Å². The first kappa shape index (κ1) is 15.8. The van der Waals surface area contributed by atoms with Crippen LogP contribution in [0.4, 0.5) is 0 Å². The Labute approximate surface area is 157 Å². The Morgan fingerprint density at radius 3 is 2.44 bits per heavy atom. The molecule has 0 saturated heterocycles. The van der Waals surface area contributed by atoms with E-state index in [9.17, 15) is 0 Å². The Balaban J connectivity index is 1.79. The molecule has 5 rings (SSSR count). The van der Waals surface area contributed by atoms with Gasteiger partial charge in [-0.15, -0.1) is 0 Å². The standard InChI is InChI=1S/C24H19N3/c1-17-14-15-19-10-7-11-20(23(19)25-17)24-26-21-12-5-6-13-22(21)27(24)16-18-8-3-2-4-9-18/h2-15H,16H2,1H3. The molecule has 0 aliphatic heterocycles. The molecule has 0 atom stereocenters. The van der Waals surface area contributed by atoms with Crippen LogP contribution in [0.1, 0.15) is 11.3 Å². The Hall–Kier alpha value is -3.46. The molecule has 5 aromatic rings. The number of nitrogens with zero attached hydrogens (tertiary/aromatic N) is 3. The Kier molecular flexibility index (Phi) is 3.72. The normalized spacial score (nSPS) is 11.3. The first-order valence-electron chi connectivity index (χ1n) is 9.15. The zero-order chi connectivity index (χ0) is 18.2. The first-order valence-corrected chi connectivity index (χ1v) is 9.15. The van der Waals surface area contributed by atoms with Crippen molar-refractivity contribution >= 4 is 21.9 Å². The molecule has 3 nitrogen and oxygen atoms in total. The molecule has 0 aliphatic carbocycles. The lowest BCUT2D eigenvalue weighted by Crippen LogP contribution is -2.03. The Morgan fingerprint density at radius 1 is 0.741 bits per heavy atom. The van der Waals surface area contributed by atoms with Gasteiger partial charge in [0, 0.05) is 23.2 Å². The summed E-state index contributed by atoms with van der Waals surface area (Å²) in [6.45, 7) is 2.81. The van der Waals surface area contributed by atoms with Gasteiger partial charge in [0.1, 0.15) is 5.82 Å². The maximum Gasteiger partial charge on any atom is 0.143 e. The lowest BCUT2D eigenvalue weighted by atomic mass is 10.1. The summed E-state index contributed by atoms with van der Waals surface area (Å²) in [4.78, 5) is 9.80. The highest BCUT2D eigenvalue weighted by Crippen LogP contribution is 2.30. The summed E-state index contributed by atoms with van der Waals surface area (Å²) in [6, 6.07) is 29.3. The van der Waals surface area contributed by atoms with Gasteiger partial charge in [-0.1, -0.05) is 60.7 Å². The van der Waals surface area contributed by atoms with Gasteiger partial charge in [0.25, 0.3) is 0 Å². The van der Waals surface area contributed by atoms with Crippen molar-refractivity contribution < 1.29 is 0 Å². The SMILES string of the molecule is Cc1ccc2cccc(-c3nc4ccccc4n3Cc3ccccc3)c2n1. The molecule has 0 unspecified atom stereocenters. The van der Waals surface area contributed by atoms with E-state index in [0.717, 1.165) is 45.6 Å². The smallest absolute Gasteiger partial charge is 0.143 e. The van der Waals surface area contributed by atoms with Crippen molar-refractivity contribution in [1.82, 2.24) is 14.5 Å². The van der Waals surface area contributed by atoms with Crippen molar-refractivity contribution in [2.75, 3.05) is 0 Å². The predicted octanol–water partition coefficient (Wildman–Crippen LogP) is 5.61. The number of imidazole rings is 1. The highest BCUT2D eigenvalue weighted by molar-refractivity contribution is 5.94. The van der Waals surface area contributed by atoms with Crippen LogP contribution in [0.3, 0.4) is 0 Å². The van der Waals surface area contributed by atoms with Gasteiger partial charge in [-0.2, -0.15) is 0 Å². The van der Waals surface area contributed by atoms with E-state index in [-0.39, 0.29) is 0 Å². The quantitative estimate of drug-likeness (QED) is 0.424. The minimum atomic E-state index is 0.777. The molecular weight excluding hydrogens is 330 g/mol. The number of para-hydroxylation sites is 3. The number of rotatable bonds is 3. The monoisotopic (exact) mass is 349 g/mol. The molecule has 130 valence electrons. The van der Waals surface area contributed by atoms with E-state index in [4.69, 9.17) is 9.97 Å². The molecule has 3 aromatic carbocycles. The molecule has 0 bridgehead atoms. The largest absolute Gasteiger partial charge is 0.319 e. The Morgan fingerprint density at radius 2 is 1.56 bits per heavy atom. The number of fused-ring (bicyclic) bond motifs is 2. The summed E-state index contributed by atoms with van der Waals surface area (Å²) in [6.07, 6.45) is 0. The van der Waals surface area contributed by atoms with Crippen LogP contribution in [0.25, 0.3) is 33.3 Å². The lowest BCUT2D eigenvalue weighted by Gasteiger charge is -2.11. The maximum absolute atomic E-state index is 4.98. The fourth-order valence-corrected chi connectivity index (χ4v) is 3.63. The van der Waals surface area contributed by atoms with Crippen LogP contribution in [0.15, 0.2) is 84.9 Å². The van der Waals surface area contributed by atoms with Crippen molar-refractivity contribution in [3.05, 3.63) is 96.2 Å². The highest BCUT2D eigenvalue weighted by Gasteiger charge is 2.15. The number of aromatic nitrogens is 3. The molecule has 0 spiro atoms. The van der Waals surface area contributed by atoms with Crippen LogP contribution in [0.5, 0.6) is 0 Å². The molecule has 3 heteroatoms. The molecule has 0 fully saturated rings. The van der Waals surface area contributed by atoms with Gasteiger partial charge in [-0.05, 0) is 36.8 Å². The van der Waals surface area contributed by atoms with Crippen molar-refractivity contribution in [2.45, 2.75) is 13.5 Å². The second-order valence-corrected chi connectivity index (χ2v) is 6.83. The van der Waals surface area contributed by atoms with E-state index in [1.54, 1.807) is 0 Å². The summed E-state index contributed by atoms with van der Waals surface area (Å²) >= 11 is 0. The minimum Gasteiger partial charge on any atom is -0.319 e. The summed E-state index contributed by atoms with van der Waals surface area (Å²) in [7, 11) is 0. The molecule has 0 saturated carbocycles. The van der Waals surface area contributed by atoms with Crippen molar-refractivity contribution in [3.63, 3.8) is 0 Å². The first-order chi connectivity index (χ1) is 13.3. The van der Waals surface area contributed by atoms with Crippen LogP contribution in [-0.2, 0) is 6.54 Å². The van der Waals surface area contributed by atoms with E-state index in [1.807, 2.05) is 19.1 Å². The van der Waals surface area contributed by atoms with Crippen molar-refractivity contribution in [3.8, 4) is 11.4 Å². The van der Waals surface area contributed by atoms with E-state index >= 15 is 0 Å². The summed E-state index contributed by atoms with van der Waals surface area (Å²) in [5.74, 6) is 0.962.